The summed E-state index contributed by atoms with van der Waals surface area (Å²) in [6, 6.07) is 11.8. The summed E-state index contributed by atoms with van der Waals surface area (Å²) in [7, 11) is 0. The number of hydrogen-bond donors (Lipinski definition) is 2. The molecule has 0 spiro atoms. The number of para-hydroxylation sites is 1. The van der Waals surface area contributed by atoms with Crippen LogP contribution in [-0.2, 0) is 0 Å². The molecule has 1 unspecified atom stereocenters. The number of imidazole rings is 1. The predicted molar refractivity (Wildman–Crippen MR) is 122 cm³/mol. The van der Waals surface area contributed by atoms with Gasteiger partial charge in [-0.3, -0.25) is 4.57 Å². The monoisotopic (exact) mass is 436 g/mol. The summed E-state index contributed by atoms with van der Waals surface area (Å²) < 4.78 is 7.77. The van der Waals surface area contributed by atoms with Gasteiger partial charge in [-0.2, -0.15) is 21.3 Å². The largest absolute Gasteiger partial charge is 0.492 e. The van der Waals surface area contributed by atoms with Crippen molar-refractivity contribution < 1.29 is 9.84 Å². The molecule has 9 heteroatoms. The first kappa shape index (κ1) is 19.8. The van der Waals surface area contributed by atoms with Crippen LogP contribution in [0.1, 0.15) is 12.8 Å². The minimum atomic E-state index is 0.0456. The Morgan fingerprint density at radius 1 is 1.19 bits per heavy atom. The smallest absolute Gasteiger partial charge is 0.229 e. The van der Waals surface area contributed by atoms with Crippen molar-refractivity contribution in [2.45, 2.75) is 18.9 Å². The number of nitrogens with one attached hydrogen (secondary N) is 1. The lowest BCUT2D eigenvalue weighted by atomic mass is 10.2. The zero-order valence-electron chi connectivity index (χ0n) is 17.0. The van der Waals surface area contributed by atoms with E-state index in [4.69, 9.17) is 14.7 Å². The average molecular weight is 437 g/mol. The molecule has 8 nitrogen and oxygen atoms in total. The number of anilines is 2. The Morgan fingerprint density at radius 2 is 2.10 bits per heavy atom. The molecule has 3 aromatic heterocycles. The van der Waals surface area contributed by atoms with Crippen LogP contribution >= 0.6 is 11.3 Å². The van der Waals surface area contributed by atoms with E-state index >= 15 is 0 Å². The molecule has 1 saturated heterocycles. The molecule has 4 aromatic rings. The summed E-state index contributed by atoms with van der Waals surface area (Å²) in [4.78, 5) is 16.3. The number of thiophene rings is 1. The van der Waals surface area contributed by atoms with Gasteiger partial charge in [-0.05, 0) is 36.4 Å². The molecular weight excluding hydrogens is 412 g/mol. The lowest BCUT2D eigenvalue weighted by Gasteiger charge is -2.23. The van der Waals surface area contributed by atoms with Crippen LogP contribution in [-0.4, -0.2) is 57.0 Å². The molecule has 4 heterocycles. The summed E-state index contributed by atoms with van der Waals surface area (Å²) in [6.45, 7) is 2.01. The third-order valence-corrected chi connectivity index (χ3v) is 6.09. The second-order valence-electron chi connectivity index (χ2n) is 7.40. The zero-order chi connectivity index (χ0) is 21.0. The summed E-state index contributed by atoms with van der Waals surface area (Å²) in [5, 5.41) is 17.3. The SMILES string of the molecule is OCC1CCCN1c1nc(NCCOc2ccccc2)c2ncn(-c3ccsc3)c2n1. The van der Waals surface area contributed by atoms with Gasteiger partial charge >= 0.3 is 0 Å². The number of fused-ring (bicyclic) bond motifs is 1. The summed E-state index contributed by atoms with van der Waals surface area (Å²) >= 11 is 1.63. The minimum absolute atomic E-state index is 0.0456. The van der Waals surface area contributed by atoms with Crippen LogP contribution in [0.3, 0.4) is 0 Å². The van der Waals surface area contributed by atoms with E-state index in [1.165, 1.54) is 0 Å². The first-order valence-electron chi connectivity index (χ1n) is 10.4. The Bertz CT molecular complexity index is 1130. The standard InChI is InChI=1S/C22H24N6O2S/c29-13-16-5-4-10-27(16)22-25-20(23-9-11-30-18-6-2-1-3-7-18)19-21(26-22)28(15-24-19)17-8-12-31-14-17/h1-3,6-8,12,14-16,29H,4-5,9-11,13H2,(H,23,25,26). The van der Waals surface area contributed by atoms with Crippen molar-refractivity contribution in [1.29, 1.82) is 0 Å². The van der Waals surface area contributed by atoms with Crippen molar-refractivity contribution in [2.24, 2.45) is 0 Å². The van der Waals surface area contributed by atoms with Gasteiger partial charge in [0.1, 0.15) is 18.7 Å². The van der Waals surface area contributed by atoms with Crippen LogP contribution in [0.25, 0.3) is 16.9 Å². The second kappa shape index (κ2) is 8.91. The molecule has 0 amide bonds. The van der Waals surface area contributed by atoms with Crippen LogP contribution in [0, 0.1) is 0 Å². The van der Waals surface area contributed by atoms with E-state index in [-0.39, 0.29) is 12.6 Å². The Balaban J connectivity index is 1.44. The Kier molecular flexibility index (Phi) is 5.68. The van der Waals surface area contributed by atoms with Gasteiger partial charge in [0, 0.05) is 11.9 Å². The van der Waals surface area contributed by atoms with Gasteiger partial charge in [0.05, 0.1) is 24.9 Å². The van der Waals surface area contributed by atoms with E-state index in [1.807, 2.05) is 46.3 Å². The third kappa shape index (κ3) is 4.06. The summed E-state index contributed by atoms with van der Waals surface area (Å²) in [5.74, 6) is 2.13. The topological polar surface area (TPSA) is 88.3 Å². The highest BCUT2D eigenvalue weighted by Gasteiger charge is 2.27. The molecule has 5 rings (SSSR count). The lowest BCUT2D eigenvalue weighted by Crippen LogP contribution is -2.33. The Morgan fingerprint density at radius 3 is 2.90 bits per heavy atom. The minimum Gasteiger partial charge on any atom is -0.492 e. The molecule has 0 radical (unpaired) electrons. The highest BCUT2D eigenvalue weighted by atomic mass is 32.1. The van der Waals surface area contributed by atoms with Gasteiger partial charge in [0.15, 0.2) is 17.0 Å². The van der Waals surface area contributed by atoms with Gasteiger partial charge in [-0.25, -0.2) is 4.98 Å². The maximum atomic E-state index is 9.78. The first-order chi connectivity index (χ1) is 15.3. The van der Waals surface area contributed by atoms with Gasteiger partial charge in [0.25, 0.3) is 0 Å². The Hall–Kier alpha value is -3.17. The van der Waals surface area contributed by atoms with Crippen molar-refractivity contribution in [3.8, 4) is 11.4 Å². The van der Waals surface area contributed by atoms with Crippen molar-refractivity contribution in [3.63, 3.8) is 0 Å². The number of hydrogen-bond acceptors (Lipinski definition) is 8. The third-order valence-electron chi connectivity index (χ3n) is 5.42. The number of aromatic nitrogens is 4. The van der Waals surface area contributed by atoms with Crippen LogP contribution in [0.4, 0.5) is 11.8 Å². The molecule has 0 saturated carbocycles. The number of aliphatic hydroxyl groups excluding tert-OH is 1. The maximum Gasteiger partial charge on any atom is 0.229 e. The van der Waals surface area contributed by atoms with Crippen LogP contribution in [0.2, 0.25) is 0 Å². The van der Waals surface area contributed by atoms with E-state index < -0.39 is 0 Å². The number of benzene rings is 1. The van der Waals surface area contributed by atoms with E-state index in [0.717, 1.165) is 42.0 Å². The molecule has 1 aromatic carbocycles. The van der Waals surface area contributed by atoms with E-state index in [0.29, 0.717) is 24.9 Å². The van der Waals surface area contributed by atoms with Crippen LogP contribution in [0.15, 0.2) is 53.5 Å². The quantitative estimate of drug-likeness (QED) is 0.410. The van der Waals surface area contributed by atoms with E-state index in [2.05, 4.69) is 20.6 Å². The second-order valence-corrected chi connectivity index (χ2v) is 8.18. The molecule has 160 valence electrons. The number of rotatable bonds is 8. The average Bonchev–Trinajstić information content (AvgIpc) is 3.57. The van der Waals surface area contributed by atoms with Gasteiger partial charge in [-0.1, -0.05) is 18.2 Å². The van der Waals surface area contributed by atoms with Gasteiger partial charge in [0.2, 0.25) is 5.95 Å². The molecule has 0 aliphatic carbocycles. The molecule has 2 N–H and O–H groups in total. The van der Waals surface area contributed by atoms with Crippen molar-refractivity contribution in [2.75, 3.05) is 36.5 Å². The molecule has 1 atom stereocenters. The number of nitrogens with zero attached hydrogens (tertiary/aromatic N) is 5. The summed E-state index contributed by atoms with van der Waals surface area (Å²) in [6.07, 6.45) is 3.74. The zero-order valence-corrected chi connectivity index (χ0v) is 17.8. The van der Waals surface area contributed by atoms with Crippen LogP contribution < -0.4 is 15.0 Å². The van der Waals surface area contributed by atoms with E-state index in [9.17, 15) is 5.11 Å². The molecular formula is C22H24N6O2S. The normalized spacial score (nSPS) is 16.2. The van der Waals surface area contributed by atoms with Gasteiger partial charge in [-0.15, -0.1) is 0 Å². The molecule has 1 aliphatic rings. The molecule has 31 heavy (non-hydrogen) atoms. The fourth-order valence-electron chi connectivity index (χ4n) is 3.87. The van der Waals surface area contributed by atoms with Crippen LogP contribution in [0.5, 0.6) is 5.75 Å². The Labute approximate surface area is 184 Å². The first-order valence-corrected chi connectivity index (χ1v) is 11.3. The van der Waals surface area contributed by atoms with Crippen molar-refractivity contribution >= 4 is 34.3 Å². The molecule has 1 fully saturated rings. The highest BCUT2D eigenvalue weighted by Crippen LogP contribution is 2.29. The maximum absolute atomic E-state index is 9.78. The number of aliphatic hydroxyl groups is 1. The summed E-state index contributed by atoms with van der Waals surface area (Å²) in [5.41, 5.74) is 2.49. The van der Waals surface area contributed by atoms with Gasteiger partial charge < -0.3 is 20.1 Å². The predicted octanol–water partition coefficient (Wildman–Crippen LogP) is 3.33. The fraction of sp³-hybridized carbons (Fsp3) is 0.318. The number of ether oxygens (including phenoxy) is 1. The highest BCUT2D eigenvalue weighted by molar-refractivity contribution is 7.08. The van der Waals surface area contributed by atoms with Crippen molar-refractivity contribution in [3.05, 3.63) is 53.5 Å². The fourth-order valence-corrected chi connectivity index (χ4v) is 4.50. The molecule has 0 bridgehead atoms. The van der Waals surface area contributed by atoms with Crippen molar-refractivity contribution in [1.82, 2.24) is 19.5 Å². The molecule has 1 aliphatic heterocycles. The lowest BCUT2D eigenvalue weighted by molar-refractivity contribution is 0.265. The van der Waals surface area contributed by atoms with E-state index in [1.54, 1.807) is 17.7 Å².